The molecule has 0 amide bonds. The van der Waals surface area contributed by atoms with Gasteiger partial charge in [-0.2, -0.15) is 0 Å². The molecule has 1 aromatic heterocycles. The van der Waals surface area contributed by atoms with E-state index in [9.17, 15) is 5.11 Å². The zero-order chi connectivity index (χ0) is 11.4. The first kappa shape index (κ1) is 12.0. The molecule has 0 bridgehead atoms. The van der Waals surface area contributed by atoms with Crippen molar-refractivity contribution in [2.24, 2.45) is 5.92 Å². The lowest BCUT2D eigenvalue weighted by molar-refractivity contribution is 0.108. The van der Waals surface area contributed by atoms with Crippen molar-refractivity contribution in [1.82, 2.24) is 10.3 Å². The summed E-state index contributed by atoms with van der Waals surface area (Å²) < 4.78 is 0. The Kier molecular flexibility index (Phi) is 4.32. The molecular formula is C12H20N2OS. The smallest absolute Gasteiger partial charge is 0.0798 e. The van der Waals surface area contributed by atoms with Crippen LogP contribution in [0.3, 0.4) is 0 Å². The number of nitrogens with zero attached hydrogens (tertiary/aromatic N) is 1. The van der Waals surface area contributed by atoms with Crippen LogP contribution in [0.4, 0.5) is 0 Å². The van der Waals surface area contributed by atoms with E-state index >= 15 is 0 Å². The minimum atomic E-state index is -0.0417. The fraction of sp³-hybridized carbons (Fsp3) is 0.750. The van der Waals surface area contributed by atoms with E-state index in [4.69, 9.17) is 0 Å². The molecule has 0 radical (unpaired) electrons. The maximum absolute atomic E-state index is 9.41. The molecule has 1 aliphatic rings. The Morgan fingerprint density at radius 3 is 2.81 bits per heavy atom. The molecule has 3 nitrogen and oxygen atoms in total. The van der Waals surface area contributed by atoms with Crippen molar-refractivity contribution in [3.63, 3.8) is 0 Å². The van der Waals surface area contributed by atoms with Gasteiger partial charge < -0.3 is 10.4 Å². The number of hydrogen-bond acceptors (Lipinski definition) is 4. The Hall–Kier alpha value is -0.450. The third kappa shape index (κ3) is 3.27. The molecule has 0 saturated heterocycles. The number of rotatable bonds is 4. The van der Waals surface area contributed by atoms with Gasteiger partial charge in [-0.1, -0.05) is 0 Å². The first-order valence-corrected chi connectivity index (χ1v) is 6.91. The second-order valence-corrected chi connectivity index (χ2v) is 5.61. The van der Waals surface area contributed by atoms with Gasteiger partial charge in [0.05, 0.1) is 17.3 Å². The van der Waals surface area contributed by atoms with Gasteiger partial charge in [0.2, 0.25) is 0 Å². The van der Waals surface area contributed by atoms with E-state index in [1.165, 1.54) is 4.88 Å². The molecule has 1 aliphatic carbocycles. The third-order valence-electron chi connectivity index (χ3n) is 3.38. The first-order chi connectivity index (χ1) is 7.75. The minimum absolute atomic E-state index is 0.0417. The van der Waals surface area contributed by atoms with Gasteiger partial charge in [0.1, 0.15) is 0 Å². The number of aliphatic hydroxyl groups excluding tert-OH is 1. The van der Waals surface area contributed by atoms with Crippen LogP contribution in [0.2, 0.25) is 0 Å². The Balaban J connectivity index is 1.67. The number of aliphatic hydroxyl groups is 1. The van der Waals surface area contributed by atoms with Gasteiger partial charge >= 0.3 is 0 Å². The van der Waals surface area contributed by atoms with Crippen LogP contribution >= 0.6 is 11.3 Å². The topological polar surface area (TPSA) is 45.2 Å². The van der Waals surface area contributed by atoms with Gasteiger partial charge in [-0.3, -0.25) is 0 Å². The molecule has 1 heterocycles. The van der Waals surface area contributed by atoms with Gasteiger partial charge in [0.15, 0.2) is 0 Å². The largest absolute Gasteiger partial charge is 0.393 e. The predicted molar refractivity (Wildman–Crippen MR) is 66.5 cm³/mol. The van der Waals surface area contributed by atoms with Gasteiger partial charge in [0, 0.05) is 11.4 Å². The Labute approximate surface area is 101 Å². The van der Waals surface area contributed by atoms with Crippen LogP contribution in [0.15, 0.2) is 5.51 Å². The molecule has 0 aromatic carbocycles. The lowest BCUT2D eigenvalue weighted by Gasteiger charge is -2.25. The summed E-state index contributed by atoms with van der Waals surface area (Å²) in [6, 6.07) is 0. The zero-order valence-corrected chi connectivity index (χ0v) is 10.6. The second-order valence-electron chi connectivity index (χ2n) is 4.67. The van der Waals surface area contributed by atoms with Gasteiger partial charge in [-0.05, 0) is 45.1 Å². The quantitative estimate of drug-likeness (QED) is 0.847. The summed E-state index contributed by atoms with van der Waals surface area (Å²) in [6.45, 7) is 4.07. The molecule has 2 rings (SSSR count). The highest BCUT2D eigenvalue weighted by atomic mass is 32.1. The predicted octanol–water partition coefficient (Wildman–Crippen LogP) is 2.09. The molecule has 0 unspecified atom stereocenters. The van der Waals surface area contributed by atoms with Crippen LogP contribution in [0.5, 0.6) is 0 Å². The highest BCUT2D eigenvalue weighted by Crippen LogP contribution is 2.23. The van der Waals surface area contributed by atoms with Crippen molar-refractivity contribution in [3.8, 4) is 0 Å². The average Bonchev–Trinajstić information content (AvgIpc) is 2.68. The van der Waals surface area contributed by atoms with Crippen LogP contribution in [0.1, 0.15) is 36.3 Å². The summed E-state index contributed by atoms with van der Waals surface area (Å²) in [5.74, 6) is 0.747. The summed E-state index contributed by atoms with van der Waals surface area (Å²) in [5, 5.41) is 12.9. The first-order valence-electron chi connectivity index (χ1n) is 6.03. The van der Waals surface area contributed by atoms with E-state index in [2.05, 4.69) is 17.2 Å². The summed E-state index contributed by atoms with van der Waals surface area (Å²) in [6.07, 6.45) is 4.24. The van der Waals surface area contributed by atoms with E-state index < -0.39 is 0 Å². The normalized spacial score (nSPS) is 25.9. The summed E-state index contributed by atoms with van der Waals surface area (Å²) in [4.78, 5) is 5.58. The molecule has 1 fully saturated rings. The van der Waals surface area contributed by atoms with Crippen molar-refractivity contribution in [1.29, 1.82) is 0 Å². The monoisotopic (exact) mass is 240 g/mol. The van der Waals surface area contributed by atoms with Crippen LogP contribution in [-0.4, -0.2) is 22.7 Å². The minimum Gasteiger partial charge on any atom is -0.393 e. The van der Waals surface area contributed by atoms with Crippen LogP contribution < -0.4 is 5.32 Å². The highest BCUT2D eigenvalue weighted by molar-refractivity contribution is 7.09. The molecule has 90 valence electrons. The molecule has 0 spiro atoms. The molecule has 1 saturated carbocycles. The van der Waals surface area contributed by atoms with Gasteiger partial charge in [0.25, 0.3) is 0 Å². The van der Waals surface area contributed by atoms with E-state index in [-0.39, 0.29) is 6.10 Å². The van der Waals surface area contributed by atoms with E-state index in [0.717, 1.165) is 50.4 Å². The Morgan fingerprint density at radius 1 is 1.44 bits per heavy atom. The Bertz CT molecular complexity index is 319. The van der Waals surface area contributed by atoms with Crippen LogP contribution in [-0.2, 0) is 6.54 Å². The standard InChI is InChI=1S/C12H20N2OS/c1-9-12(16-8-14-9)7-13-6-10-2-4-11(15)5-3-10/h8,10-11,13,15H,2-7H2,1H3. The number of hydrogen-bond donors (Lipinski definition) is 2. The average molecular weight is 240 g/mol. The van der Waals surface area contributed by atoms with Gasteiger partial charge in [-0.25, -0.2) is 4.98 Å². The molecule has 2 N–H and O–H groups in total. The summed E-state index contributed by atoms with van der Waals surface area (Å²) in [5.41, 5.74) is 3.06. The lowest BCUT2D eigenvalue weighted by atomic mass is 9.87. The van der Waals surface area contributed by atoms with E-state index in [0.29, 0.717) is 0 Å². The molecule has 1 aromatic rings. The van der Waals surface area contributed by atoms with E-state index in [1.54, 1.807) is 11.3 Å². The maximum Gasteiger partial charge on any atom is 0.0798 e. The van der Waals surface area contributed by atoms with Gasteiger partial charge in [-0.15, -0.1) is 11.3 Å². The number of thiazole rings is 1. The van der Waals surface area contributed by atoms with Crippen molar-refractivity contribution in [2.45, 2.75) is 45.3 Å². The van der Waals surface area contributed by atoms with Crippen molar-refractivity contribution < 1.29 is 5.11 Å². The summed E-state index contributed by atoms with van der Waals surface area (Å²) in [7, 11) is 0. The molecule has 0 aliphatic heterocycles. The van der Waals surface area contributed by atoms with E-state index in [1.807, 2.05) is 5.51 Å². The molecular weight excluding hydrogens is 220 g/mol. The fourth-order valence-corrected chi connectivity index (χ4v) is 2.98. The SMILES string of the molecule is Cc1ncsc1CNCC1CCC(O)CC1. The highest BCUT2D eigenvalue weighted by Gasteiger charge is 2.18. The lowest BCUT2D eigenvalue weighted by Crippen LogP contribution is -2.27. The fourth-order valence-electron chi connectivity index (χ4n) is 2.23. The van der Waals surface area contributed by atoms with Crippen LogP contribution in [0.25, 0.3) is 0 Å². The zero-order valence-electron chi connectivity index (χ0n) is 9.78. The number of aromatic nitrogens is 1. The Morgan fingerprint density at radius 2 is 2.19 bits per heavy atom. The second kappa shape index (κ2) is 5.75. The third-order valence-corrected chi connectivity index (χ3v) is 4.31. The molecule has 16 heavy (non-hydrogen) atoms. The summed E-state index contributed by atoms with van der Waals surface area (Å²) >= 11 is 1.72. The molecule has 4 heteroatoms. The molecule has 0 atom stereocenters. The number of aryl methyl sites for hydroxylation is 1. The van der Waals surface area contributed by atoms with Crippen molar-refractivity contribution >= 4 is 11.3 Å². The van der Waals surface area contributed by atoms with Crippen LogP contribution in [0, 0.1) is 12.8 Å². The number of nitrogens with one attached hydrogen (secondary N) is 1. The maximum atomic E-state index is 9.41. The van der Waals surface area contributed by atoms with Crippen molar-refractivity contribution in [2.75, 3.05) is 6.54 Å². The van der Waals surface area contributed by atoms with Crippen molar-refractivity contribution in [3.05, 3.63) is 16.1 Å².